The molecular formula is C13H15F3N2O. The summed E-state index contributed by atoms with van der Waals surface area (Å²) in [6.45, 7) is 0. The lowest BCUT2D eigenvalue weighted by Crippen LogP contribution is -2.49. The predicted molar refractivity (Wildman–Crippen MR) is 64.0 cm³/mol. The number of halogens is 3. The standard InChI is InChI=1S/C13H15F3N2O/c14-7-5-8(15)12(9(16)6-7)13(19)18-11-4-2-1-3-10(11)17/h5-6,10-11H,1-4,17H2,(H,18,19). The first-order valence-electron chi connectivity index (χ1n) is 6.20. The van der Waals surface area contributed by atoms with E-state index in [0.717, 1.165) is 19.3 Å². The van der Waals surface area contributed by atoms with E-state index in [9.17, 15) is 18.0 Å². The molecule has 6 heteroatoms. The summed E-state index contributed by atoms with van der Waals surface area (Å²) in [7, 11) is 0. The molecule has 0 saturated heterocycles. The van der Waals surface area contributed by atoms with Crippen LogP contribution in [0.3, 0.4) is 0 Å². The van der Waals surface area contributed by atoms with Crippen molar-refractivity contribution in [2.75, 3.05) is 0 Å². The number of amides is 1. The van der Waals surface area contributed by atoms with E-state index in [1.807, 2.05) is 0 Å². The third-order valence-electron chi connectivity index (χ3n) is 3.37. The summed E-state index contributed by atoms with van der Waals surface area (Å²) in [5, 5.41) is 2.52. The normalized spacial score (nSPS) is 23.2. The molecule has 0 aliphatic heterocycles. The lowest BCUT2D eigenvalue weighted by molar-refractivity contribution is 0.0912. The average molecular weight is 272 g/mol. The minimum atomic E-state index is -1.21. The lowest BCUT2D eigenvalue weighted by atomic mass is 9.91. The first-order chi connectivity index (χ1) is 8.99. The highest BCUT2D eigenvalue weighted by atomic mass is 19.1. The van der Waals surface area contributed by atoms with Crippen molar-refractivity contribution >= 4 is 5.91 Å². The van der Waals surface area contributed by atoms with Crippen LogP contribution in [0, 0.1) is 17.5 Å². The number of benzene rings is 1. The van der Waals surface area contributed by atoms with Gasteiger partial charge in [-0.05, 0) is 12.8 Å². The van der Waals surface area contributed by atoms with E-state index >= 15 is 0 Å². The van der Waals surface area contributed by atoms with Crippen molar-refractivity contribution < 1.29 is 18.0 Å². The molecule has 0 spiro atoms. The number of carbonyl (C=O) groups is 1. The van der Waals surface area contributed by atoms with Crippen molar-refractivity contribution in [2.24, 2.45) is 5.73 Å². The molecule has 0 radical (unpaired) electrons. The monoisotopic (exact) mass is 272 g/mol. The summed E-state index contributed by atoms with van der Waals surface area (Å²) < 4.78 is 39.6. The van der Waals surface area contributed by atoms with Gasteiger partial charge in [0.05, 0.1) is 0 Å². The zero-order valence-electron chi connectivity index (χ0n) is 10.3. The maximum absolute atomic E-state index is 13.4. The molecule has 1 saturated carbocycles. The number of nitrogens with two attached hydrogens (primary N) is 1. The Hall–Kier alpha value is -1.56. The minimum Gasteiger partial charge on any atom is -0.348 e. The van der Waals surface area contributed by atoms with Crippen molar-refractivity contribution in [2.45, 2.75) is 37.8 Å². The van der Waals surface area contributed by atoms with Crippen molar-refractivity contribution in [3.8, 4) is 0 Å². The van der Waals surface area contributed by atoms with E-state index < -0.39 is 28.9 Å². The van der Waals surface area contributed by atoms with E-state index in [-0.39, 0.29) is 12.1 Å². The summed E-state index contributed by atoms with van der Waals surface area (Å²) in [5.74, 6) is -4.36. The second kappa shape index (κ2) is 5.61. The van der Waals surface area contributed by atoms with Gasteiger partial charge in [-0.2, -0.15) is 0 Å². The number of nitrogens with one attached hydrogen (secondary N) is 1. The SMILES string of the molecule is NC1CCCCC1NC(=O)c1c(F)cc(F)cc1F. The first kappa shape index (κ1) is 13.9. The summed E-state index contributed by atoms with van der Waals surface area (Å²) in [4.78, 5) is 11.8. The Bertz CT molecular complexity index is 470. The summed E-state index contributed by atoms with van der Waals surface area (Å²) >= 11 is 0. The highest BCUT2D eigenvalue weighted by molar-refractivity contribution is 5.95. The van der Waals surface area contributed by atoms with Crippen molar-refractivity contribution in [3.63, 3.8) is 0 Å². The third-order valence-corrected chi connectivity index (χ3v) is 3.37. The van der Waals surface area contributed by atoms with Crippen LogP contribution >= 0.6 is 0 Å². The number of hydrogen-bond acceptors (Lipinski definition) is 2. The van der Waals surface area contributed by atoms with Crippen LogP contribution in [0.2, 0.25) is 0 Å². The number of carbonyl (C=O) groups excluding carboxylic acids is 1. The molecule has 0 heterocycles. The molecule has 0 aromatic heterocycles. The van der Waals surface area contributed by atoms with Gasteiger partial charge in [-0.3, -0.25) is 4.79 Å². The van der Waals surface area contributed by atoms with Gasteiger partial charge in [0, 0.05) is 24.2 Å². The second-order valence-corrected chi connectivity index (χ2v) is 4.77. The molecule has 1 aromatic rings. The van der Waals surface area contributed by atoms with Crippen LogP contribution in [-0.2, 0) is 0 Å². The number of hydrogen-bond donors (Lipinski definition) is 2. The molecule has 2 atom stereocenters. The van der Waals surface area contributed by atoms with E-state index in [0.29, 0.717) is 18.6 Å². The predicted octanol–water partition coefficient (Wildman–Crippen LogP) is 2.10. The molecule has 1 aliphatic rings. The number of rotatable bonds is 2. The van der Waals surface area contributed by atoms with Gasteiger partial charge in [0.2, 0.25) is 0 Å². The van der Waals surface area contributed by atoms with Crippen LogP contribution in [0.4, 0.5) is 13.2 Å². The average Bonchev–Trinajstić information content (AvgIpc) is 2.30. The third kappa shape index (κ3) is 3.07. The zero-order valence-corrected chi connectivity index (χ0v) is 10.3. The Balaban J connectivity index is 2.16. The molecular weight excluding hydrogens is 257 g/mol. The lowest BCUT2D eigenvalue weighted by Gasteiger charge is -2.29. The van der Waals surface area contributed by atoms with Crippen molar-refractivity contribution in [1.29, 1.82) is 0 Å². The highest BCUT2D eigenvalue weighted by Crippen LogP contribution is 2.19. The highest BCUT2D eigenvalue weighted by Gasteiger charge is 2.26. The van der Waals surface area contributed by atoms with Crippen molar-refractivity contribution in [3.05, 3.63) is 35.1 Å². The minimum absolute atomic E-state index is 0.218. The quantitative estimate of drug-likeness (QED) is 0.866. The smallest absolute Gasteiger partial charge is 0.257 e. The molecule has 3 nitrogen and oxygen atoms in total. The van der Waals surface area contributed by atoms with Gasteiger partial charge in [0.25, 0.3) is 5.91 Å². The molecule has 2 unspecified atom stereocenters. The summed E-state index contributed by atoms with van der Waals surface area (Å²) in [6, 6.07) is 0.451. The Morgan fingerprint density at radius 1 is 1.16 bits per heavy atom. The second-order valence-electron chi connectivity index (χ2n) is 4.77. The fraction of sp³-hybridized carbons (Fsp3) is 0.462. The van der Waals surface area contributed by atoms with Crippen LogP contribution < -0.4 is 11.1 Å². The Kier molecular flexibility index (Phi) is 4.09. The van der Waals surface area contributed by atoms with Gasteiger partial charge in [-0.1, -0.05) is 12.8 Å². The van der Waals surface area contributed by atoms with Gasteiger partial charge in [0.15, 0.2) is 0 Å². The fourth-order valence-electron chi connectivity index (χ4n) is 2.34. The van der Waals surface area contributed by atoms with Crippen molar-refractivity contribution in [1.82, 2.24) is 5.32 Å². The topological polar surface area (TPSA) is 55.1 Å². The Labute approximate surface area is 109 Å². The molecule has 1 fully saturated rings. The largest absolute Gasteiger partial charge is 0.348 e. The van der Waals surface area contributed by atoms with Gasteiger partial charge in [0.1, 0.15) is 23.0 Å². The molecule has 2 rings (SSSR count). The molecule has 1 aliphatic carbocycles. The Morgan fingerprint density at radius 3 is 2.32 bits per heavy atom. The molecule has 0 bridgehead atoms. The van der Waals surface area contributed by atoms with Gasteiger partial charge in [-0.25, -0.2) is 13.2 Å². The maximum atomic E-state index is 13.4. The van der Waals surface area contributed by atoms with Crippen LogP contribution in [0.15, 0.2) is 12.1 Å². The van der Waals surface area contributed by atoms with Crippen LogP contribution in [0.5, 0.6) is 0 Å². The van der Waals surface area contributed by atoms with Gasteiger partial charge < -0.3 is 11.1 Å². The summed E-state index contributed by atoms with van der Waals surface area (Å²) in [6.07, 6.45) is 3.33. The van der Waals surface area contributed by atoms with E-state index in [1.54, 1.807) is 0 Å². The molecule has 19 heavy (non-hydrogen) atoms. The first-order valence-corrected chi connectivity index (χ1v) is 6.20. The van der Waals surface area contributed by atoms with E-state index in [1.165, 1.54) is 0 Å². The van der Waals surface area contributed by atoms with Gasteiger partial charge >= 0.3 is 0 Å². The van der Waals surface area contributed by atoms with E-state index in [2.05, 4.69) is 5.32 Å². The summed E-state index contributed by atoms with van der Waals surface area (Å²) in [5.41, 5.74) is 5.08. The van der Waals surface area contributed by atoms with Crippen LogP contribution in [-0.4, -0.2) is 18.0 Å². The Morgan fingerprint density at radius 2 is 1.74 bits per heavy atom. The maximum Gasteiger partial charge on any atom is 0.257 e. The van der Waals surface area contributed by atoms with Gasteiger partial charge in [-0.15, -0.1) is 0 Å². The zero-order chi connectivity index (χ0) is 14.0. The van der Waals surface area contributed by atoms with Crippen LogP contribution in [0.25, 0.3) is 0 Å². The van der Waals surface area contributed by atoms with E-state index in [4.69, 9.17) is 5.73 Å². The fourth-order valence-corrected chi connectivity index (χ4v) is 2.34. The molecule has 1 aromatic carbocycles. The molecule has 104 valence electrons. The van der Waals surface area contributed by atoms with Crippen LogP contribution in [0.1, 0.15) is 36.0 Å². The molecule has 1 amide bonds. The molecule has 3 N–H and O–H groups in total.